The fraction of sp³-hybridized carbons (Fsp3) is 0. The molecule has 0 aliphatic carbocycles. The molecule has 0 aliphatic rings. The van der Waals surface area contributed by atoms with E-state index in [-0.39, 0.29) is 5.75 Å². The maximum atomic E-state index is 9.55. The summed E-state index contributed by atoms with van der Waals surface area (Å²) in [6, 6.07) is 6.95. The number of benzene rings is 1. The zero-order valence-corrected chi connectivity index (χ0v) is 8.64. The number of aromatic nitrogens is 3. The van der Waals surface area contributed by atoms with Gasteiger partial charge in [-0.2, -0.15) is 5.10 Å². The van der Waals surface area contributed by atoms with Crippen molar-refractivity contribution in [3.8, 4) is 17.0 Å². The van der Waals surface area contributed by atoms with E-state index in [0.717, 1.165) is 0 Å². The molecular weight excluding hydrogens is 246 g/mol. The van der Waals surface area contributed by atoms with Crippen molar-refractivity contribution in [3.05, 3.63) is 35.2 Å². The first kappa shape index (κ1) is 9.08. The highest BCUT2D eigenvalue weighted by molar-refractivity contribution is 9.10. The van der Waals surface area contributed by atoms with Gasteiger partial charge in [-0.3, -0.25) is 0 Å². The molecule has 0 radical (unpaired) electrons. The van der Waals surface area contributed by atoms with Crippen molar-refractivity contribution in [1.29, 1.82) is 0 Å². The molecule has 5 heteroatoms. The maximum Gasteiger partial charge on any atom is 0.218 e. The predicted octanol–water partition coefficient (Wildman–Crippen LogP) is 2.01. The zero-order valence-electron chi connectivity index (χ0n) is 7.05. The van der Waals surface area contributed by atoms with Crippen molar-refractivity contribution in [3.63, 3.8) is 0 Å². The van der Waals surface area contributed by atoms with E-state index in [4.69, 9.17) is 0 Å². The first-order valence-corrected chi connectivity index (χ1v) is 4.70. The van der Waals surface area contributed by atoms with Gasteiger partial charge in [0, 0.05) is 5.56 Å². The van der Waals surface area contributed by atoms with Crippen LogP contribution >= 0.6 is 15.9 Å². The Hall–Kier alpha value is -1.49. The summed E-state index contributed by atoms with van der Waals surface area (Å²) in [7, 11) is 0. The first-order valence-electron chi connectivity index (χ1n) is 3.91. The number of para-hydroxylation sites is 1. The van der Waals surface area contributed by atoms with Gasteiger partial charge in [-0.15, -0.1) is 5.10 Å². The molecule has 2 rings (SSSR count). The molecule has 0 bridgehead atoms. The molecule has 70 valence electrons. The van der Waals surface area contributed by atoms with Gasteiger partial charge < -0.3 is 5.11 Å². The van der Waals surface area contributed by atoms with E-state index >= 15 is 0 Å². The Morgan fingerprint density at radius 2 is 2.00 bits per heavy atom. The number of hydrogen-bond acceptors (Lipinski definition) is 4. The molecule has 0 aliphatic heterocycles. The van der Waals surface area contributed by atoms with Crippen molar-refractivity contribution < 1.29 is 5.11 Å². The number of nitrogens with zero attached hydrogens (tertiary/aromatic N) is 3. The van der Waals surface area contributed by atoms with Crippen molar-refractivity contribution in [2.75, 3.05) is 0 Å². The third-order valence-electron chi connectivity index (χ3n) is 1.71. The van der Waals surface area contributed by atoms with Gasteiger partial charge >= 0.3 is 0 Å². The highest BCUT2D eigenvalue weighted by Crippen LogP contribution is 2.26. The van der Waals surface area contributed by atoms with Crippen LogP contribution in [0, 0.1) is 0 Å². The Bertz CT molecular complexity index is 461. The first-order chi connectivity index (χ1) is 6.77. The third kappa shape index (κ3) is 1.72. The molecule has 0 amide bonds. The Morgan fingerprint density at radius 1 is 1.21 bits per heavy atom. The maximum absolute atomic E-state index is 9.55. The van der Waals surface area contributed by atoms with Crippen molar-refractivity contribution in [1.82, 2.24) is 15.2 Å². The fourth-order valence-corrected chi connectivity index (χ4v) is 1.38. The van der Waals surface area contributed by atoms with E-state index in [9.17, 15) is 5.11 Å². The number of rotatable bonds is 1. The zero-order chi connectivity index (χ0) is 9.97. The summed E-state index contributed by atoms with van der Waals surface area (Å²) < 4.78 is 0.401. The van der Waals surface area contributed by atoms with Crippen LogP contribution in [0.2, 0.25) is 0 Å². The summed E-state index contributed by atoms with van der Waals surface area (Å²) >= 11 is 3.12. The number of halogens is 1. The van der Waals surface area contributed by atoms with E-state index in [0.29, 0.717) is 16.0 Å². The average Bonchev–Trinajstić information content (AvgIpc) is 2.18. The molecule has 0 atom stereocenters. The Labute approximate surface area is 88.8 Å². The van der Waals surface area contributed by atoms with E-state index in [1.807, 2.05) is 6.07 Å². The standard InChI is InChI=1S/C9H6BrN3O/c10-9-12-7(5-11-13-9)6-3-1-2-4-8(6)14/h1-5,14H. The smallest absolute Gasteiger partial charge is 0.218 e. The third-order valence-corrected chi connectivity index (χ3v) is 2.05. The van der Waals surface area contributed by atoms with Crippen LogP contribution in [0.3, 0.4) is 0 Å². The van der Waals surface area contributed by atoms with Crippen LogP contribution in [-0.2, 0) is 0 Å². The molecule has 0 saturated heterocycles. The number of phenolic OH excluding ortho intramolecular Hbond substituents is 1. The Balaban J connectivity index is 2.55. The second-order valence-electron chi connectivity index (χ2n) is 2.63. The highest BCUT2D eigenvalue weighted by Gasteiger charge is 2.05. The SMILES string of the molecule is Oc1ccccc1-c1cnnc(Br)n1. The summed E-state index contributed by atoms with van der Waals surface area (Å²) in [5.41, 5.74) is 1.23. The molecule has 1 heterocycles. The quantitative estimate of drug-likeness (QED) is 0.843. The van der Waals surface area contributed by atoms with E-state index in [1.165, 1.54) is 6.20 Å². The van der Waals surface area contributed by atoms with Gasteiger partial charge in [0.1, 0.15) is 5.75 Å². The van der Waals surface area contributed by atoms with Gasteiger partial charge in [-0.05, 0) is 28.1 Å². The molecule has 2 aromatic rings. The van der Waals surface area contributed by atoms with Crippen molar-refractivity contribution in [2.24, 2.45) is 0 Å². The Morgan fingerprint density at radius 3 is 2.71 bits per heavy atom. The summed E-state index contributed by atoms with van der Waals surface area (Å²) in [4.78, 5) is 4.09. The normalized spacial score (nSPS) is 10.1. The number of hydrogen-bond donors (Lipinski definition) is 1. The van der Waals surface area contributed by atoms with Crippen LogP contribution in [0.4, 0.5) is 0 Å². The minimum absolute atomic E-state index is 0.180. The number of phenols is 1. The van der Waals surface area contributed by atoms with Crippen LogP contribution in [0.5, 0.6) is 5.75 Å². The summed E-state index contributed by atoms with van der Waals surface area (Å²) in [5.74, 6) is 0.180. The molecule has 0 unspecified atom stereocenters. The van der Waals surface area contributed by atoms with Crippen LogP contribution in [0.1, 0.15) is 0 Å². The van der Waals surface area contributed by atoms with Gasteiger partial charge in [-0.1, -0.05) is 12.1 Å². The van der Waals surface area contributed by atoms with Crippen molar-refractivity contribution >= 4 is 15.9 Å². The molecule has 0 spiro atoms. The minimum Gasteiger partial charge on any atom is -0.507 e. The predicted molar refractivity (Wildman–Crippen MR) is 54.6 cm³/mol. The lowest BCUT2D eigenvalue weighted by Gasteiger charge is -2.01. The number of aromatic hydroxyl groups is 1. The fourth-order valence-electron chi connectivity index (χ4n) is 1.10. The minimum atomic E-state index is 0.180. The van der Waals surface area contributed by atoms with Crippen molar-refractivity contribution in [2.45, 2.75) is 0 Å². The second kappa shape index (κ2) is 3.71. The molecule has 1 N–H and O–H groups in total. The molecule has 1 aromatic carbocycles. The van der Waals surface area contributed by atoms with Gasteiger partial charge in [0.2, 0.25) is 4.73 Å². The summed E-state index contributed by atoms with van der Waals surface area (Å²) in [5, 5.41) is 17.0. The average molecular weight is 252 g/mol. The van der Waals surface area contributed by atoms with Gasteiger partial charge in [0.25, 0.3) is 0 Å². The summed E-state index contributed by atoms with van der Waals surface area (Å²) in [6.07, 6.45) is 1.50. The molecule has 0 saturated carbocycles. The lowest BCUT2D eigenvalue weighted by Crippen LogP contribution is -1.90. The van der Waals surface area contributed by atoms with E-state index in [2.05, 4.69) is 31.1 Å². The van der Waals surface area contributed by atoms with E-state index in [1.54, 1.807) is 18.2 Å². The molecule has 0 fully saturated rings. The lowest BCUT2D eigenvalue weighted by molar-refractivity contribution is 0.477. The van der Waals surface area contributed by atoms with Crippen LogP contribution in [0.15, 0.2) is 35.2 Å². The molecule has 1 aromatic heterocycles. The molecule has 4 nitrogen and oxygen atoms in total. The monoisotopic (exact) mass is 251 g/mol. The second-order valence-corrected chi connectivity index (χ2v) is 3.34. The van der Waals surface area contributed by atoms with Crippen LogP contribution in [-0.4, -0.2) is 20.3 Å². The summed E-state index contributed by atoms with van der Waals surface area (Å²) in [6.45, 7) is 0. The van der Waals surface area contributed by atoms with Crippen LogP contribution < -0.4 is 0 Å². The highest BCUT2D eigenvalue weighted by atomic mass is 79.9. The topological polar surface area (TPSA) is 58.9 Å². The van der Waals surface area contributed by atoms with Gasteiger partial charge in [0.05, 0.1) is 11.9 Å². The van der Waals surface area contributed by atoms with Gasteiger partial charge in [0.15, 0.2) is 0 Å². The lowest BCUT2D eigenvalue weighted by atomic mass is 10.1. The Kier molecular flexibility index (Phi) is 2.41. The largest absolute Gasteiger partial charge is 0.507 e. The molecule has 14 heavy (non-hydrogen) atoms. The van der Waals surface area contributed by atoms with E-state index < -0.39 is 0 Å². The van der Waals surface area contributed by atoms with Gasteiger partial charge in [-0.25, -0.2) is 4.98 Å². The van der Waals surface area contributed by atoms with Crippen LogP contribution in [0.25, 0.3) is 11.3 Å². The molecular formula is C9H6BrN3O.